The summed E-state index contributed by atoms with van der Waals surface area (Å²) < 4.78 is 5.82. The number of carbonyl (C=O) groups excluding carboxylic acids is 2. The van der Waals surface area contributed by atoms with Gasteiger partial charge in [-0.1, -0.05) is 54.6 Å². The summed E-state index contributed by atoms with van der Waals surface area (Å²) in [7, 11) is 0. The molecule has 2 saturated heterocycles. The number of nitrogens with zero attached hydrogens (tertiary/aromatic N) is 2. The highest BCUT2D eigenvalue weighted by molar-refractivity contribution is 5.89. The van der Waals surface area contributed by atoms with Crippen LogP contribution < -0.4 is 5.32 Å². The van der Waals surface area contributed by atoms with E-state index in [1.165, 1.54) is 5.56 Å². The van der Waals surface area contributed by atoms with E-state index in [1.54, 1.807) is 4.90 Å². The molecule has 2 aromatic carbocycles. The third kappa shape index (κ3) is 6.21. The van der Waals surface area contributed by atoms with E-state index in [-0.39, 0.29) is 24.0 Å². The van der Waals surface area contributed by atoms with Gasteiger partial charge < -0.3 is 15.0 Å². The number of rotatable bonds is 7. The van der Waals surface area contributed by atoms with Gasteiger partial charge in [-0.25, -0.2) is 0 Å². The summed E-state index contributed by atoms with van der Waals surface area (Å²) in [5.41, 5.74) is 3.16. The SMILES string of the molecule is CC1CN(Cc2ccc(CNC(=O)C(c3ccccc3)N3CCCCC3=O)cc2)CC(C)O1. The number of carbonyl (C=O) groups is 2. The molecule has 0 aromatic heterocycles. The number of ether oxygens (including phenoxy) is 1. The molecule has 0 aliphatic carbocycles. The van der Waals surface area contributed by atoms with Gasteiger partial charge in [0.1, 0.15) is 6.04 Å². The van der Waals surface area contributed by atoms with Crippen molar-refractivity contribution >= 4 is 11.8 Å². The first kappa shape index (κ1) is 23.5. The Morgan fingerprint density at radius 3 is 2.33 bits per heavy atom. The van der Waals surface area contributed by atoms with Crippen molar-refractivity contribution in [2.75, 3.05) is 19.6 Å². The standard InChI is InChI=1S/C27H35N3O3/c1-20-17-29(18-21(2)33-20)19-23-13-11-22(12-14-23)16-28-27(32)26(24-8-4-3-5-9-24)30-15-7-6-10-25(30)31/h3-5,8-9,11-14,20-21,26H,6-7,10,15-19H2,1-2H3,(H,28,32). The van der Waals surface area contributed by atoms with Crippen molar-refractivity contribution in [3.8, 4) is 0 Å². The molecule has 4 rings (SSSR count). The molecular formula is C27H35N3O3. The smallest absolute Gasteiger partial charge is 0.247 e. The van der Waals surface area contributed by atoms with Crippen LogP contribution in [0.4, 0.5) is 0 Å². The first-order valence-corrected chi connectivity index (χ1v) is 12.1. The number of amides is 2. The predicted molar refractivity (Wildman–Crippen MR) is 128 cm³/mol. The first-order chi connectivity index (χ1) is 16.0. The number of benzene rings is 2. The van der Waals surface area contributed by atoms with Gasteiger partial charge in [-0.3, -0.25) is 14.5 Å². The van der Waals surface area contributed by atoms with Crippen LogP contribution in [-0.2, 0) is 27.4 Å². The molecule has 2 fully saturated rings. The lowest BCUT2D eigenvalue weighted by Crippen LogP contribution is -2.45. The van der Waals surface area contributed by atoms with Crippen LogP contribution in [-0.4, -0.2) is 53.5 Å². The molecule has 3 atom stereocenters. The lowest BCUT2D eigenvalue weighted by atomic mass is 10.0. The van der Waals surface area contributed by atoms with Crippen molar-refractivity contribution < 1.29 is 14.3 Å². The third-order valence-electron chi connectivity index (χ3n) is 6.43. The highest BCUT2D eigenvalue weighted by atomic mass is 16.5. The fraction of sp³-hybridized carbons (Fsp3) is 0.481. The van der Waals surface area contributed by atoms with Crippen molar-refractivity contribution in [2.45, 2.75) is 64.4 Å². The monoisotopic (exact) mass is 449 g/mol. The van der Waals surface area contributed by atoms with Crippen LogP contribution in [0.3, 0.4) is 0 Å². The Morgan fingerprint density at radius 2 is 1.67 bits per heavy atom. The van der Waals surface area contributed by atoms with E-state index in [0.717, 1.165) is 43.6 Å². The Bertz CT molecular complexity index is 921. The van der Waals surface area contributed by atoms with Crippen molar-refractivity contribution in [1.29, 1.82) is 0 Å². The normalized spacial score (nSPS) is 22.7. The Hall–Kier alpha value is -2.70. The molecule has 2 heterocycles. The second-order valence-corrected chi connectivity index (χ2v) is 9.34. The maximum Gasteiger partial charge on any atom is 0.247 e. The number of morpholine rings is 1. The molecule has 6 heteroatoms. The second kappa shape index (κ2) is 10.9. The minimum atomic E-state index is -0.580. The maximum atomic E-state index is 13.2. The topological polar surface area (TPSA) is 61.9 Å². The van der Waals surface area contributed by atoms with Gasteiger partial charge in [0.2, 0.25) is 11.8 Å². The highest BCUT2D eigenvalue weighted by Crippen LogP contribution is 2.26. The summed E-state index contributed by atoms with van der Waals surface area (Å²) in [4.78, 5) is 30.0. The molecule has 33 heavy (non-hydrogen) atoms. The molecule has 0 radical (unpaired) electrons. The largest absolute Gasteiger partial charge is 0.373 e. The van der Waals surface area contributed by atoms with Crippen molar-refractivity contribution in [2.24, 2.45) is 0 Å². The summed E-state index contributed by atoms with van der Waals surface area (Å²) in [6.07, 6.45) is 2.86. The van der Waals surface area contributed by atoms with Crippen LogP contribution in [0.25, 0.3) is 0 Å². The molecule has 176 valence electrons. The molecule has 2 aliphatic heterocycles. The zero-order valence-electron chi connectivity index (χ0n) is 19.7. The van der Waals surface area contributed by atoms with E-state index in [4.69, 9.17) is 4.74 Å². The number of nitrogens with one attached hydrogen (secondary N) is 1. The van der Waals surface area contributed by atoms with Gasteiger partial charge in [0.05, 0.1) is 12.2 Å². The van der Waals surface area contributed by atoms with E-state index in [1.807, 2.05) is 30.3 Å². The highest BCUT2D eigenvalue weighted by Gasteiger charge is 2.32. The minimum Gasteiger partial charge on any atom is -0.373 e. The molecular weight excluding hydrogens is 414 g/mol. The molecule has 2 amide bonds. The Kier molecular flexibility index (Phi) is 7.78. The van der Waals surface area contributed by atoms with Crippen molar-refractivity contribution in [3.05, 3.63) is 71.3 Å². The molecule has 1 N–H and O–H groups in total. The van der Waals surface area contributed by atoms with Gasteiger partial charge in [-0.2, -0.15) is 0 Å². The zero-order chi connectivity index (χ0) is 23.2. The van der Waals surface area contributed by atoms with E-state index >= 15 is 0 Å². The molecule has 0 saturated carbocycles. The molecule has 2 aliphatic rings. The molecule has 0 bridgehead atoms. The van der Waals surface area contributed by atoms with Gasteiger partial charge >= 0.3 is 0 Å². The van der Waals surface area contributed by atoms with Crippen LogP contribution in [0.2, 0.25) is 0 Å². The van der Waals surface area contributed by atoms with Crippen LogP contribution in [0.1, 0.15) is 55.8 Å². The van der Waals surface area contributed by atoms with Crippen LogP contribution in [0.5, 0.6) is 0 Å². The lowest BCUT2D eigenvalue weighted by molar-refractivity contribution is -0.142. The van der Waals surface area contributed by atoms with Gasteiger partial charge in [0.15, 0.2) is 0 Å². The second-order valence-electron chi connectivity index (χ2n) is 9.34. The van der Waals surface area contributed by atoms with Gasteiger partial charge in [0.25, 0.3) is 0 Å². The number of hydrogen-bond acceptors (Lipinski definition) is 4. The Balaban J connectivity index is 1.37. The van der Waals surface area contributed by atoms with E-state index < -0.39 is 6.04 Å². The summed E-state index contributed by atoms with van der Waals surface area (Å²) in [6, 6.07) is 17.4. The number of hydrogen-bond donors (Lipinski definition) is 1. The predicted octanol–water partition coefficient (Wildman–Crippen LogP) is 3.67. The van der Waals surface area contributed by atoms with Crippen molar-refractivity contribution in [1.82, 2.24) is 15.1 Å². The summed E-state index contributed by atoms with van der Waals surface area (Å²) in [6.45, 7) is 8.09. The molecule has 0 spiro atoms. The fourth-order valence-corrected chi connectivity index (χ4v) is 4.93. The average Bonchev–Trinajstić information content (AvgIpc) is 2.80. The van der Waals surface area contributed by atoms with Crippen molar-refractivity contribution in [3.63, 3.8) is 0 Å². The summed E-state index contributed by atoms with van der Waals surface area (Å²) in [5, 5.41) is 3.07. The fourth-order valence-electron chi connectivity index (χ4n) is 4.93. The van der Waals surface area contributed by atoms with Gasteiger partial charge in [-0.05, 0) is 43.4 Å². The lowest BCUT2D eigenvalue weighted by Gasteiger charge is -2.35. The maximum absolute atomic E-state index is 13.2. The van der Waals surface area contributed by atoms with E-state index in [2.05, 4.69) is 48.3 Å². The Morgan fingerprint density at radius 1 is 1.00 bits per heavy atom. The molecule has 6 nitrogen and oxygen atoms in total. The summed E-state index contributed by atoms with van der Waals surface area (Å²) >= 11 is 0. The summed E-state index contributed by atoms with van der Waals surface area (Å²) in [5.74, 6) is -0.0711. The number of piperidine rings is 1. The minimum absolute atomic E-state index is 0.0568. The van der Waals surface area contributed by atoms with Gasteiger partial charge in [0, 0.05) is 39.1 Å². The van der Waals surface area contributed by atoms with E-state index in [9.17, 15) is 9.59 Å². The van der Waals surface area contributed by atoms with Crippen LogP contribution >= 0.6 is 0 Å². The zero-order valence-corrected chi connectivity index (χ0v) is 19.7. The van der Waals surface area contributed by atoms with E-state index in [0.29, 0.717) is 19.5 Å². The van der Waals surface area contributed by atoms with Crippen LogP contribution in [0, 0.1) is 0 Å². The van der Waals surface area contributed by atoms with Gasteiger partial charge in [-0.15, -0.1) is 0 Å². The molecule has 3 unspecified atom stereocenters. The average molecular weight is 450 g/mol. The quantitative estimate of drug-likeness (QED) is 0.701. The molecule has 2 aromatic rings. The number of likely N-dealkylation sites (tertiary alicyclic amines) is 1. The first-order valence-electron chi connectivity index (χ1n) is 12.1. The Labute approximate surface area is 196 Å². The van der Waals surface area contributed by atoms with Crippen LogP contribution in [0.15, 0.2) is 54.6 Å². The third-order valence-corrected chi connectivity index (χ3v) is 6.43.